The molecule has 16 heavy (non-hydrogen) atoms. The van der Waals surface area contributed by atoms with Gasteiger partial charge in [-0.2, -0.15) is 0 Å². The summed E-state index contributed by atoms with van der Waals surface area (Å²) in [6.07, 6.45) is 2.53. The van der Waals surface area contributed by atoms with E-state index in [1.165, 1.54) is 0 Å². The molecule has 0 heterocycles. The van der Waals surface area contributed by atoms with Crippen molar-refractivity contribution in [2.24, 2.45) is 5.73 Å². The third-order valence-electron chi connectivity index (χ3n) is 2.62. The molecular weight excluding hydrogens is 270 g/mol. The van der Waals surface area contributed by atoms with E-state index in [4.69, 9.17) is 15.6 Å². The van der Waals surface area contributed by atoms with Gasteiger partial charge in [0.05, 0.1) is 23.2 Å². The molecule has 0 aromatic heterocycles. The summed E-state index contributed by atoms with van der Waals surface area (Å²) >= 11 is 3.49. The van der Waals surface area contributed by atoms with Gasteiger partial charge in [0.1, 0.15) is 5.75 Å². The van der Waals surface area contributed by atoms with E-state index >= 15 is 0 Å². The lowest BCUT2D eigenvalue weighted by Crippen LogP contribution is -2.16. The van der Waals surface area contributed by atoms with Crippen LogP contribution in [0.4, 0.5) is 0 Å². The van der Waals surface area contributed by atoms with Crippen molar-refractivity contribution in [3.05, 3.63) is 27.7 Å². The Hall–Kier alpha value is -0.580. The van der Waals surface area contributed by atoms with Gasteiger partial charge in [-0.1, -0.05) is 6.07 Å². The van der Waals surface area contributed by atoms with Crippen LogP contribution < -0.4 is 10.5 Å². The van der Waals surface area contributed by atoms with Gasteiger partial charge in [-0.3, -0.25) is 0 Å². The maximum Gasteiger partial charge on any atom is 0.138 e. The second-order valence-corrected chi connectivity index (χ2v) is 5.13. The molecule has 1 aromatic rings. The Balaban J connectivity index is 2.36. The molecule has 0 radical (unpaired) electrons. The number of aryl methyl sites for hydroxylation is 1. The fourth-order valence-corrected chi connectivity index (χ4v) is 2.29. The minimum Gasteiger partial charge on any atom is -0.489 e. The van der Waals surface area contributed by atoms with E-state index in [-0.39, 0.29) is 12.6 Å². The topological polar surface area (TPSA) is 55.5 Å². The zero-order chi connectivity index (χ0) is 11.7. The number of ether oxygens (including phenoxy) is 1. The monoisotopic (exact) mass is 285 g/mol. The van der Waals surface area contributed by atoms with Crippen LogP contribution in [0.1, 0.15) is 30.0 Å². The summed E-state index contributed by atoms with van der Waals surface area (Å²) in [6, 6.07) is 3.60. The average molecular weight is 286 g/mol. The van der Waals surface area contributed by atoms with Gasteiger partial charge in [0.2, 0.25) is 0 Å². The minimum absolute atomic E-state index is 0.0725. The first-order valence-corrected chi connectivity index (χ1v) is 6.24. The van der Waals surface area contributed by atoms with E-state index in [1.54, 1.807) is 0 Å². The fraction of sp³-hybridized carbons (Fsp3) is 0.500. The molecule has 88 valence electrons. The van der Waals surface area contributed by atoms with Crippen LogP contribution in [0.5, 0.6) is 5.75 Å². The summed E-state index contributed by atoms with van der Waals surface area (Å²) in [7, 11) is 0. The molecule has 0 amide bonds. The predicted molar refractivity (Wildman–Crippen MR) is 66.5 cm³/mol. The van der Waals surface area contributed by atoms with E-state index in [0.29, 0.717) is 6.10 Å². The second-order valence-electron chi connectivity index (χ2n) is 4.27. The van der Waals surface area contributed by atoms with Crippen LogP contribution in [0.25, 0.3) is 0 Å². The first kappa shape index (κ1) is 11.9. The Bertz CT molecular complexity index is 391. The van der Waals surface area contributed by atoms with Crippen molar-refractivity contribution in [1.29, 1.82) is 0 Å². The molecule has 1 saturated carbocycles. The van der Waals surface area contributed by atoms with Gasteiger partial charge in [-0.25, -0.2) is 0 Å². The molecule has 1 atom stereocenters. The fourth-order valence-electron chi connectivity index (χ4n) is 1.61. The number of rotatable bonds is 4. The predicted octanol–water partition coefficient (Wildman–Crippen LogP) is 2.29. The van der Waals surface area contributed by atoms with E-state index in [0.717, 1.165) is 34.2 Å². The molecule has 1 aliphatic carbocycles. The summed E-state index contributed by atoms with van der Waals surface area (Å²) in [6.45, 7) is 1.93. The quantitative estimate of drug-likeness (QED) is 0.893. The highest BCUT2D eigenvalue weighted by Crippen LogP contribution is 2.37. The number of hydrogen-bond donors (Lipinski definition) is 2. The van der Waals surface area contributed by atoms with Gasteiger partial charge < -0.3 is 15.6 Å². The number of aliphatic hydroxyl groups is 1. The van der Waals surface area contributed by atoms with E-state index in [9.17, 15) is 0 Å². The molecule has 1 unspecified atom stereocenters. The molecule has 1 aliphatic rings. The summed E-state index contributed by atoms with van der Waals surface area (Å²) < 4.78 is 6.74. The molecule has 0 bridgehead atoms. The molecule has 4 heteroatoms. The highest BCUT2D eigenvalue weighted by atomic mass is 79.9. The first-order valence-electron chi connectivity index (χ1n) is 5.45. The molecule has 0 saturated heterocycles. The number of hydrogen-bond acceptors (Lipinski definition) is 3. The van der Waals surface area contributed by atoms with Gasteiger partial charge >= 0.3 is 0 Å². The van der Waals surface area contributed by atoms with Gasteiger partial charge in [0.15, 0.2) is 0 Å². The molecule has 2 rings (SSSR count). The molecule has 3 N–H and O–H groups in total. The van der Waals surface area contributed by atoms with Crippen molar-refractivity contribution < 1.29 is 9.84 Å². The van der Waals surface area contributed by atoms with Crippen LogP contribution in [0.15, 0.2) is 16.6 Å². The summed E-state index contributed by atoms with van der Waals surface area (Å²) in [4.78, 5) is 0. The Kier molecular flexibility index (Phi) is 3.52. The SMILES string of the molecule is Cc1cc(Br)c(OC2CC2)c(C(N)CO)c1. The first-order chi connectivity index (χ1) is 7.61. The lowest BCUT2D eigenvalue weighted by molar-refractivity contribution is 0.256. The van der Waals surface area contributed by atoms with Crippen LogP contribution in [-0.2, 0) is 0 Å². The van der Waals surface area contributed by atoms with Crippen molar-refractivity contribution in [2.45, 2.75) is 31.9 Å². The average Bonchev–Trinajstić information content (AvgIpc) is 3.04. The Labute approximate surface area is 104 Å². The van der Waals surface area contributed by atoms with Gasteiger partial charge in [-0.15, -0.1) is 0 Å². The maximum atomic E-state index is 9.15. The lowest BCUT2D eigenvalue weighted by Gasteiger charge is -2.17. The largest absolute Gasteiger partial charge is 0.489 e. The number of halogens is 1. The van der Waals surface area contributed by atoms with Crippen molar-refractivity contribution in [1.82, 2.24) is 0 Å². The normalized spacial score (nSPS) is 17.2. The van der Waals surface area contributed by atoms with Crippen molar-refractivity contribution in [2.75, 3.05) is 6.61 Å². The van der Waals surface area contributed by atoms with Gasteiger partial charge in [0, 0.05) is 5.56 Å². The zero-order valence-corrected chi connectivity index (χ0v) is 10.8. The van der Waals surface area contributed by atoms with Crippen molar-refractivity contribution >= 4 is 15.9 Å². The van der Waals surface area contributed by atoms with E-state index < -0.39 is 0 Å². The number of nitrogens with two attached hydrogens (primary N) is 1. The van der Waals surface area contributed by atoms with E-state index in [2.05, 4.69) is 15.9 Å². The minimum atomic E-state index is -0.384. The summed E-state index contributed by atoms with van der Waals surface area (Å²) in [5, 5.41) is 9.15. The van der Waals surface area contributed by atoms with Gasteiger partial charge in [-0.05, 0) is 47.3 Å². The molecule has 0 spiro atoms. The molecule has 1 fully saturated rings. The second kappa shape index (κ2) is 4.73. The Morgan fingerprint density at radius 3 is 2.81 bits per heavy atom. The van der Waals surface area contributed by atoms with E-state index in [1.807, 2.05) is 19.1 Å². The lowest BCUT2D eigenvalue weighted by atomic mass is 10.0. The highest BCUT2D eigenvalue weighted by Gasteiger charge is 2.26. The smallest absolute Gasteiger partial charge is 0.138 e. The highest BCUT2D eigenvalue weighted by molar-refractivity contribution is 9.10. The third-order valence-corrected chi connectivity index (χ3v) is 3.21. The number of aliphatic hydroxyl groups excluding tert-OH is 1. The Morgan fingerprint density at radius 2 is 2.25 bits per heavy atom. The Morgan fingerprint density at radius 1 is 1.56 bits per heavy atom. The van der Waals surface area contributed by atoms with Crippen LogP contribution in [0.2, 0.25) is 0 Å². The standard InChI is InChI=1S/C12H16BrNO2/c1-7-4-9(11(14)6-15)12(10(13)5-7)16-8-2-3-8/h4-5,8,11,15H,2-3,6,14H2,1H3. The molecule has 1 aromatic carbocycles. The molecule has 0 aliphatic heterocycles. The van der Waals surface area contributed by atoms with Gasteiger partial charge in [0.25, 0.3) is 0 Å². The molecule has 3 nitrogen and oxygen atoms in total. The van der Waals surface area contributed by atoms with Crippen LogP contribution in [0.3, 0.4) is 0 Å². The van der Waals surface area contributed by atoms with Crippen LogP contribution in [-0.4, -0.2) is 17.8 Å². The summed E-state index contributed by atoms with van der Waals surface area (Å²) in [5.41, 5.74) is 7.86. The third kappa shape index (κ3) is 2.56. The maximum absolute atomic E-state index is 9.15. The summed E-state index contributed by atoms with van der Waals surface area (Å²) in [5.74, 6) is 0.787. The van der Waals surface area contributed by atoms with Crippen LogP contribution >= 0.6 is 15.9 Å². The zero-order valence-electron chi connectivity index (χ0n) is 9.24. The van der Waals surface area contributed by atoms with Crippen LogP contribution in [0, 0.1) is 6.92 Å². The number of benzene rings is 1. The molecular formula is C12H16BrNO2. The van der Waals surface area contributed by atoms with Crippen molar-refractivity contribution in [3.8, 4) is 5.75 Å². The van der Waals surface area contributed by atoms with Crippen molar-refractivity contribution in [3.63, 3.8) is 0 Å².